The number of amides is 1. The summed E-state index contributed by atoms with van der Waals surface area (Å²) in [5.41, 5.74) is 4.65. The van der Waals surface area contributed by atoms with E-state index in [0.29, 0.717) is 12.2 Å². The topological polar surface area (TPSA) is 42.2 Å². The number of carbonyl (C=O) groups excluding carboxylic acids is 1. The Morgan fingerprint density at radius 2 is 1.45 bits per heavy atom. The van der Waals surface area contributed by atoms with E-state index in [1.54, 1.807) is 11.3 Å². The van der Waals surface area contributed by atoms with Crippen LogP contribution >= 0.6 is 11.3 Å². The largest absolute Gasteiger partial charge is 1.00 e. The first-order chi connectivity index (χ1) is 18.2. The van der Waals surface area contributed by atoms with Crippen LogP contribution in [-0.2, 0) is 6.54 Å². The fraction of sp³-hybridized carbons (Fsp3) is 0.500. The highest BCUT2D eigenvalue weighted by Gasteiger charge is 2.11. The highest BCUT2D eigenvalue weighted by molar-refractivity contribution is 7.09. The van der Waals surface area contributed by atoms with Gasteiger partial charge in [0.05, 0.1) is 17.2 Å². The Labute approximate surface area is 244 Å². The number of thiazole rings is 1. The number of rotatable bonds is 18. The van der Waals surface area contributed by atoms with E-state index in [9.17, 15) is 4.79 Å². The van der Waals surface area contributed by atoms with Crippen molar-refractivity contribution < 1.29 is 31.1 Å². The minimum atomic E-state index is -0.119. The van der Waals surface area contributed by atoms with Gasteiger partial charge in [0.2, 0.25) is 5.51 Å². The molecule has 0 spiro atoms. The lowest BCUT2D eigenvalue weighted by Crippen LogP contribution is -3.00. The van der Waals surface area contributed by atoms with E-state index in [-0.39, 0.29) is 22.9 Å². The monoisotopic (exact) mass is 600 g/mol. The summed E-state index contributed by atoms with van der Waals surface area (Å²) in [7, 11) is 0. The maximum atomic E-state index is 12.9. The van der Waals surface area contributed by atoms with Crippen molar-refractivity contribution in [1.82, 2.24) is 0 Å². The number of hydrogen-bond acceptors (Lipinski definition) is 3. The average molecular weight is 602 g/mol. The molecule has 0 fully saturated rings. The number of unbranched alkanes of at least 4 members (excludes halogenated alkanes) is 11. The molecule has 208 valence electrons. The molecule has 1 heterocycles. The van der Waals surface area contributed by atoms with Crippen LogP contribution in [0, 0.1) is 6.92 Å². The number of nitrogens with zero attached hydrogens (tertiary/aromatic N) is 1. The third-order valence-electron chi connectivity index (χ3n) is 6.69. The van der Waals surface area contributed by atoms with Gasteiger partial charge in [-0.1, -0.05) is 113 Å². The summed E-state index contributed by atoms with van der Waals surface area (Å²) in [6.45, 7) is 5.87. The smallest absolute Gasteiger partial charge is 0.255 e. The summed E-state index contributed by atoms with van der Waals surface area (Å²) in [6.07, 6.45) is 18.1. The summed E-state index contributed by atoms with van der Waals surface area (Å²) in [5, 5.41) is 3.03. The molecular formula is C32H45BrN2O2S. The first kappa shape index (κ1) is 32.0. The molecule has 0 aliphatic heterocycles. The normalized spacial score (nSPS) is 10.7. The Balaban J connectivity index is 0.00000507. The number of halogens is 1. The lowest BCUT2D eigenvalue weighted by Gasteiger charge is -2.12. The molecule has 4 nitrogen and oxygen atoms in total. The van der Waals surface area contributed by atoms with Crippen molar-refractivity contribution in [2.24, 2.45) is 0 Å². The second kappa shape index (κ2) is 19.0. The van der Waals surface area contributed by atoms with Crippen molar-refractivity contribution in [3.63, 3.8) is 0 Å². The zero-order valence-electron chi connectivity index (χ0n) is 23.2. The number of nitrogens with one attached hydrogen (secondary N) is 1. The number of hydrogen-bond donors (Lipinski definition) is 1. The van der Waals surface area contributed by atoms with Crippen molar-refractivity contribution in [2.75, 3.05) is 11.9 Å². The molecule has 0 saturated carbocycles. The van der Waals surface area contributed by atoms with Crippen LogP contribution in [0.1, 0.15) is 105 Å². The summed E-state index contributed by atoms with van der Waals surface area (Å²) >= 11 is 1.74. The summed E-state index contributed by atoms with van der Waals surface area (Å²) in [6, 6.07) is 15.5. The Hall–Kier alpha value is -2.18. The molecule has 0 unspecified atom stereocenters. The predicted molar refractivity (Wildman–Crippen MR) is 156 cm³/mol. The van der Waals surface area contributed by atoms with Crippen LogP contribution < -0.4 is 31.6 Å². The van der Waals surface area contributed by atoms with Gasteiger partial charge in [-0.3, -0.25) is 4.79 Å². The van der Waals surface area contributed by atoms with Crippen LogP contribution in [-0.4, -0.2) is 12.5 Å². The highest BCUT2D eigenvalue weighted by Crippen LogP contribution is 2.25. The van der Waals surface area contributed by atoms with Crippen LogP contribution in [0.3, 0.4) is 0 Å². The van der Waals surface area contributed by atoms with Gasteiger partial charge in [-0.25, -0.2) is 0 Å². The van der Waals surface area contributed by atoms with Gasteiger partial charge in [-0.2, -0.15) is 4.57 Å². The van der Waals surface area contributed by atoms with E-state index in [1.807, 2.05) is 48.5 Å². The molecule has 0 saturated heterocycles. The van der Waals surface area contributed by atoms with Crippen LogP contribution in [0.15, 0.2) is 60.2 Å². The highest BCUT2D eigenvalue weighted by atomic mass is 79.9. The van der Waals surface area contributed by atoms with Gasteiger partial charge in [0.15, 0.2) is 12.7 Å². The van der Waals surface area contributed by atoms with Gasteiger partial charge in [-0.15, -0.1) is 0 Å². The number of anilines is 1. The first-order valence-corrected chi connectivity index (χ1v) is 15.1. The average Bonchev–Trinajstić information content (AvgIpc) is 3.32. The van der Waals surface area contributed by atoms with Crippen LogP contribution in [0.4, 0.5) is 5.69 Å². The lowest BCUT2D eigenvalue weighted by atomic mass is 10.1. The molecule has 0 radical (unpaired) electrons. The van der Waals surface area contributed by atoms with E-state index >= 15 is 0 Å². The zero-order chi connectivity index (χ0) is 26.1. The van der Waals surface area contributed by atoms with Gasteiger partial charge >= 0.3 is 0 Å². The Kier molecular flexibility index (Phi) is 16.0. The quantitative estimate of drug-likeness (QED) is 0.150. The Morgan fingerprint density at radius 1 is 0.842 bits per heavy atom. The third kappa shape index (κ3) is 12.1. The molecule has 0 aliphatic carbocycles. The molecular weight excluding hydrogens is 556 g/mol. The van der Waals surface area contributed by atoms with Crippen molar-refractivity contribution >= 4 is 22.9 Å². The summed E-state index contributed by atoms with van der Waals surface area (Å²) < 4.78 is 8.20. The lowest BCUT2D eigenvalue weighted by molar-refractivity contribution is -0.683. The molecule has 0 atom stereocenters. The molecule has 0 aliphatic rings. The van der Waals surface area contributed by atoms with Gasteiger partial charge in [0.1, 0.15) is 5.75 Å². The van der Waals surface area contributed by atoms with Gasteiger partial charge < -0.3 is 27.0 Å². The molecule has 1 N–H and O–H groups in total. The molecule has 3 rings (SSSR count). The molecule has 38 heavy (non-hydrogen) atoms. The number of para-hydroxylation sites is 2. The Bertz CT molecular complexity index is 1050. The van der Waals surface area contributed by atoms with Crippen molar-refractivity contribution in [3.8, 4) is 5.75 Å². The molecule has 2 aromatic carbocycles. The second-order valence-electron chi connectivity index (χ2n) is 10.0. The fourth-order valence-corrected chi connectivity index (χ4v) is 5.15. The van der Waals surface area contributed by atoms with E-state index in [2.05, 4.69) is 35.4 Å². The minimum Gasteiger partial charge on any atom is -1.00 e. The fourth-order valence-electron chi connectivity index (χ4n) is 4.52. The summed E-state index contributed by atoms with van der Waals surface area (Å²) in [4.78, 5) is 14.1. The second-order valence-corrected chi connectivity index (χ2v) is 11.1. The first-order valence-electron chi connectivity index (χ1n) is 14.2. The van der Waals surface area contributed by atoms with Crippen molar-refractivity contribution in [3.05, 3.63) is 76.2 Å². The number of carbonyl (C=O) groups is 1. The summed E-state index contributed by atoms with van der Waals surface area (Å²) in [5.74, 6) is 0.617. The standard InChI is InChI=1S/C32H44N2O2S.BrH/c1-3-4-5-6-7-8-9-10-11-12-13-16-23-36-31-18-15-14-17-30(31)33-32(35)29-21-19-28(20-22-29)25-34-24-27(2)37-26-34;/h14-15,17-22,24,26H,3-13,16,23,25H2,1-2H3;1H. The molecule has 6 heteroatoms. The van der Waals surface area contributed by atoms with Gasteiger partial charge in [0, 0.05) is 11.1 Å². The number of aryl methyl sites for hydroxylation is 1. The maximum Gasteiger partial charge on any atom is 0.255 e. The minimum absolute atomic E-state index is 0. The molecule has 0 bridgehead atoms. The van der Waals surface area contributed by atoms with Crippen LogP contribution in [0.5, 0.6) is 5.75 Å². The van der Waals surface area contributed by atoms with E-state index in [0.717, 1.165) is 24.4 Å². The number of ether oxygens (including phenoxy) is 1. The zero-order valence-corrected chi connectivity index (χ0v) is 25.6. The van der Waals surface area contributed by atoms with Gasteiger partial charge in [0.25, 0.3) is 5.91 Å². The SMILES string of the molecule is CCCCCCCCCCCCCCOc1ccccc1NC(=O)c1ccc(C[n+]2csc(C)c2)cc1.[Br-]. The molecule has 3 aromatic rings. The van der Waals surface area contributed by atoms with Crippen molar-refractivity contribution in [2.45, 2.75) is 97.4 Å². The van der Waals surface area contributed by atoms with E-state index in [4.69, 9.17) is 4.74 Å². The Morgan fingerprint density at radius 3 is 2.05 bits per heavy atom. The van der Waals surface area contributed by atoms with Crippen LogP contribution in [0.25, 0.3) is 0 Å². The predicted octanol–water partition coefficient (Wildman–Crippen LogP) is 5.73. The molecule has 1 aromatic heterocycles. The van der Waals surface area contributed by atoms with Crippen molar-refractivity contribution in [1.29, 1.82) is 0 Å². The van der Waals surface area contributed by atoms with Gasteiger partial charge in [-0.05, 0) is 37.6 Å². The maximum absolute atomic E-state index is 12.9. The van der Waals surface area contributed by atoms with Crippen LogP contribution in [0.2, 0.25) is 0 Å². The molecule has 1 amide bonds. The number of benzene rings is 2. The van der Waals surface area contributed by atoms with E-state index < -0.39 is 0 Å². The number of aromatic nitrogens is 1. The third-order valence-corrected chi connectivity index (χ3v) is 7.55. The van der Waals surface area contributed by atoms with E-state index in [1.165, 1.54) is 81.1 Å².